The minimum Gasteiger partial charge on any atom is -0.497 e. The second kappa shape index (κ2) is 5.85. The molecule has 1 aromatic carbocycles. The number of rotatable bonds is 3. The molecule has 0 spiro atoms. The Balaban J connectivity index is 2.30. The quantitative estimate of drug-likeness (QED) is 0.855. The fourth-order valence-electron chi connectivity index (χ4n) is 1.75. The maximum atomic E-state index is 12.3. The highest BCUT2D eigenvalue weighted by atomic mass is 16.5. The molecule has 0 N–H and O–H groups in total. The van der Waals surface area contributed by atoms with Crippen LogP contribution in [0.4, 0.5) is 5.69 Å². The van der Waals surface area contributed by atoms with Crippen molar-refractivity contribution in [1.29, 1.82) is 5.26 Å². The fraction of sp³-hybridized carbons (Fsp3) is 0.133. The first-order chi connectivity index (χ1) is 9.65. The van der Waals surface area contributed by atoms with Gasteiger partial charge in [-0.25, -0.2) is 0 Å². The molecular weight excluding hydrogens is 254 g/mol. The van der Waals surface area contributed by atoms with Gasteiger partial charge in [0.2, 0.25) is 0 Å². The summed E-state index contributed by atoms with van der Waals surface area (Å²) in [7, 11) is 3.23. The molecule has 0 aliphatic carbocycles. The first-order valence-corrected chi connectivity index (χ1v) is 5.93. The zero-order valence-electron chi connectivity index (χ0n) is 11.2. The van der Waals surface area contributed by atoms with Gasteiger partial charge in [0.1, 0.15) is 11.8 Å². The maximum absolute atomic E-state index is 12.3. The zero-order valence-corrected chi connectivity index (χ0v) is 11.2. The molecule has 0 aliphatic rings. The number of ether oxygens (including phenoxy) is 1. The highest BCUT2D eigenvalue weighted by Crippen LogP contribution is 2.21. The van der Waals surface area contributed by atoms with E-state index in [0.717, 1.165) is 0 Å². The highest BCUT2D eigenvalue weighted by molar-refractivity contribution is 6.05. The van der Waals surface area contributed by atoms with Crippen molar-refractivity contribution in [2.75, 3.05) is 19.1 Å². The highest BCUT2D eigenvalue weighted by Gasteiger charge is 2.14. The van der Waals surface area contributed by atoms with Crippen LogP contribution >= 0.6 is 0 Å². The van der Waals surface area contributed by atoms with Crippen molar-refractivity contribution in [2.45, 2.75) is 0 Å². The summed E-state index contributed by atoms with van der Waals surface area (Å²) in [5.41, 5.74) is 1.43. The lowest BCUT2D eigenvalue weighted by atomic mass is 10.2. The van der Waals surface area contributed by atoms with Crippen molar-refractivity contribution in [3.63, 3.8) is 0 Å². The average molecular weight is 267 g/mol. The van der Waals surface area contributed by atoms with E-state index in [1.54, 1.807) is 26.3 Å². The molecule has 0 saturated carbocycles. The number of hydrogen-bond donors (Lipinski definition) is 0. The summed E-state index contributed by atoms with van der Waals surface area (Å²) >= 11 is 0. The Morgan fingerprint density at radius 2 is 2.15 bits per heavy atom. The molecule has 0 saturated heterocycles. The van der Waals surface area contributed by atoms with Gasteiger partial charge in [-0.1, -0.05) is 6.07 Å². The molecule has 0 fully saturated rings. The second-order valence-corrected chi connectivity index (χ2v) is 4.14. The number of pyridine rings is 1. The Hall–Kier alpha value is -2.87. The van der Waals surface area contributed by atoms with Crippen LogP contribution in [0.5, 0.6) is 5.75 Å². The minimum atomic E-state index is -0.233. The van der Waals surface area contributed by atoms with E-state index in [0.29, 0.717) is 22.6 Å². The van der Waals surface area contributed by atoms with E-state index in [2.05, 4.69) is 4.98 Å². The van der Waals surface area contributed by atoms with Gasteiger partial charge in [-0.3, -0.25) is 9.78 Å². The van der Waals surface area contributed by atoms with Gasteiger partial charge in [0, 0.05) is 31.2 Å². The van der Waals surface area contributed by atoms with E-state index in [4.69, 9.17) is 10.00 Å². The van der Waals surface area contributed by atoms with Crippen molar-refractivity contribution in [1.82, 2.24) is 4.98 Å². The predicted molar refractivity (Wildman–Crippen MR) is 74.7 cm³/mol. The number of amides is 1. The third-order valence-corrected chi connectivity index (χ3v) is 2.86. The third-order valence-electron chi connectivity index (χ3n) is 2.86. The number of anilines is 1. The van der Waals surface area contributed by atoms with E-state index in [-0.39, 0.29) is 5.91 Å². The molecule has 100 valence electrons. The van der Waals surface area contributed by atoms with Gasteiger partial charge in [0.25, 0.3) is 5.91 Å². The van der Waals surface area contributed by atoms with Crippen LogP contribution in [0.15, 0.2) is 42.7 Å². The SMILES string of the molecule is COc1cccc(N(C)C(=O)c2cncc(C#N)c2)c1. The summed E-state index contributed by atoms with van der Waals surface area (Å²) in [6, 6.07) is 10.7. The van der Waals surface area contributed by atoms with Gasteiger partial charge in [-0.15, -0.1) is 0 Å². The number of carbonyl (C=O) groups is 1. The number of methoxy groups -OCH3 is 1. The maximum Gasteiger partial charge on any atom is 0.259 e. The summed E-state index contributed by atoms with van der Waals surface area (Å²) in [6.07, 6.45) is 2.86. The lowest BCUT2D eigenvalue weighted by Gasteiger charge is -2.18. The largest absolute Gasteiger partial charge is 0.497 e. The average Bonchev–Trinajstić information content (AvgIpc) is 2.53. The third kappa shape index (κ3) is 2.75. The van der Waals surface area contributed by atoms with Crippen LogP contribution in [-0.4, -0.2) is 25.0 Å². The normalized spacial score (nSPS) is 9.65. The molecule has 0 bridgehead atoms. The Labute approximate surface area is 117 Å². The molecule has 20 heavy (non-hydrogen) atoms. The van der Waals surface area contributed by atoms with Gasteiger partial charge < -0.3 is 9.64 Å². The van der Waals surface area contributed by atoms with Crippen molar-refractivity contribution < 1.29 is 9.53 Å². The number of benzene rings is 1. The molecule has 0 radical (unpaired) electrons. The van der Waals surface area contributed by atoms with Gasteiger partial charge in [-0.05, 0) is 18.2 Å². The molecule has 0 atom stereocenters. The van der Waals surface area contributed by atoms with Crippen molar-refractivity contribution in [3.8, 4) is 11.8 Å². The predicted octanol–water partition coefficient (Wildman–Crippen LogP) is 2.24. The van der Waals surface area contributed by atoms with E-state index < -0.39 is 0 Å². The molecule has 0 unspecified atom stereocenters. The first kappa shape index (κ1) is 13.6. The molecular formula is C15H13N3O2. The first-order valence-electron chi connectivity index (χ1n) is 5.93. The Kier molecular flexibility index (Phi) is 3.96. The topological polar surface area (TPSA) is 66.2 Å². The molecule has 1 aromatic heterocycles. The minimum absolute atomic E-state index is 0.233. The van der Waals surface area contributed by atoms with Gasteiger partial charge >= 0.3 is 0 Å². The van der Waals surface area contributed by atoms with Gasteiger partial charge in [0.15, 0.2) is 0 Å². The zero-order chi connectivity index (χ0) is 14.5. The van der Waals surface area contributed by atoms with Crippen LogP contribution in [0.25, 0.3) is 0 Å². The Morgan fingerprint density at radius 3 is 2.85 bits per heavy atom. The molecule has 1 amide bonds. The van der Waals surface area contributed by atoms with Crippen molar-refractivity contribution >= 4 is 11.6 Å². The van der Waals surface area contributed by atoms with E-state index in [9.17, 15) is 4.79 Å². The molecule has 0 aliphatic heterocycles. The molecule has 5 heteroatoms. The van der Waals surface area contributed by atoms with Crippen LogP contribution in [0.1, 0.15) is 15.9 Å². The number of nitrogens with zero attached hydrogens (tertiary/aromatic N) is 3. The molecule has 2 rings (SSSR count). The van der Waals surface area contributed by atoms with Crippen LogP contribution in [-0.2, 0) is 0 Å². The number of aromatic nitrogens is 1. The fourth-order valence-corrected chi connectivity index (χ4v) is 1.75. The van der Waals surface area contributed by atoms with E-state index in [1.165, 1.54) is 23.4 Å². The summed E-state index contributed by atoms with van der Waals surface area (Å²) in [5, 5.41) is 8.84. The van der Waals surface area contributed by atoms with E-state index in [1.807, 2.05) is 18.2 Å². The molecule has 1 heterocycles. The lowest BCUT2D eigenvalue weighted by Crippen LogP contribution is -2.26. The van der Waals surface area contributed by atoms with Crippen LogP contribution in [0, 0.1) is 11.3 Å². The van der Waals surface area contributed by atoms with Crippen LogP contribution < -0.4 is 9.64 Å². The van der Waals surface area contributed by atoms with Crippen molar-refractivity contribution in [2.24, 2.45) is 0 Å². The van der Waals surface area contributed by atoms with Gasteiger partial charge in [-0.2, -0.15) is 5.26 Å². The number of hydrogen-bond acceptors (Lipinski definition) is 4. The van der Waals surface area contributed by atoms with E-state index >= 15 is 0 Å². The van der Waals surface area contributed by atoms with Crippen molar-refractivity contribution in [3.05, 3.63) is 53.9 Å². The monoisotopic (exact) mass is 267 g/mol. The summed E-state index contributed by atoms with van der Waals surface area (Å²) in [6.45, 7) is 0. The van der Waals surface area contributed by atoms with Gasteiger partial charge in [0.05, 0.1) is 18.2 Å². The molecule has 2 aromatic rings. The Bertz CT molecular complexity index is 677. The summed E-state index contributed by atoms with van der Waals surface area (Å²) < 4.78 is 5.13. The standard InChI is InChI=1S/C15H13N3O2/c1-18(13-4-3-5-14(7-13)20-2)15(19)12-6-11(8-16)9-17-10-12/h3-7,9-10H,1-2H3. The number of nitriles is 1. The smallest absolute Gasteiger partial charge is 0.259 e. The summed E-state index contributed by atoms with van der Waals surface area (Å²) in [4.78, 5) is 17.7. The molecule has 5 nitrogen and oxygen atoms in total. The lowest BCUT2D eigenvalue weighted by molar-refractivity contribution is 0.0992. The number of carbonyl (C=O) groups excluding carboxylic acids is 1. The summed E-state index contributed by atoms with van der Waals surface area (Å²) in [5.74, 6) is 0.439. The van der Waals surface area contributed by atoms with Crippen LogP contribution in [0.2, 0.25) is 0 Å². The Morgan fingerprint density at radius 1 is 1.35 bits per heavy atom. The second-order valence-electron chi connectivity index (χ2n) is 4.14. The van der Waals surface area contributed by atoms with Crippen LogP contribution in [0.3, 0.4) is 0 Å².